The van der Waals surface area contributed by atoms with Crippen molar-refractivity contribution in [3.05, 3.63) is 35.0 Å². The van der Waals surface area contributed by atoms with Crippen molar-refractivity contribution < 1.29 is 4.79 Å². The van der Waals surface area contributed by atoms with E-state index in [0.29, 0.717) is 17.7 Å². The number of nitrogens with zero attached hydrogens (tertiary/aromatic N) is 1. The predicted octanol–water partition coefficient (Wildman–Crippen LogP) is 3.94. The number of rotatable bonds is 2. The molecule has 21 heavy (non-hydrogen) atoms. The summed E-state index contributed by atoms with van der Waals surface area (Å²) in [5.74, 6) is 1.28. The number of H-pyrrole nitrogens is 1. The minimum Gasteiger partial charge on any atom is -0.361 e. The second-order valence-electron chi connectivity index (χ2n) is 6.31. The highest BCUT2D eigenvalue weighted by molar-refractivity contribution is 6.31. The maximum absolute atomic E-state index is 12.1. The summed E-state index contributed by atoms with van der Waals surface area (Å²) in [6.07, 6.45) is 6.44. The minimum absolute atomic E-state index is 0.344. The normalized spacial score (nSPS) is 20.1. The molecule has 4 heteroatoms. The number of carbonyl (C=O) groups is 1. The van der Waals surface area contributed by atoms with E-state index < -0.39 is 0 Å². The summed E-state index contributed by atoms with van der Waals surface area (Å²) in [5, 5.41) is 2.03. The summed E-state index contributed by atoms with van der Waals surface area (Å²) in [6.45, 7) is 1.81. The number of fused-ring (bicyclic) bond motifs is 1. The zero-order valence-electron chi connectivity index (χ0n) is 11.9. The molecule has 1 amide bonds. The molecule has 0 atom stereocenters. The number of amides is 1. The second-order valence-corrected chi connectivity index (χ2v) is 6.74. The number of nitrogens with one attached hydrogen (secondary N) is 1. The van der Waals surface area contributed by atoms with Gasteiger partial charge in [-0.2, -0.15) is 0 Å². The lowest BCUT2D eigenvalue weighted by molar-refractivity contribution is -0.133. The van der Waals surface area contributed by atoms with Gasteiger partial charge in [0.15, 0.2) is 0 Å². The highest BCUT2D eigenvalue weighted by Crippen LogP contribution is 2.36. The quantitative estimate of drug-likeness (QED) is 0.896. The summed E-state index contributed by atoms with van der Waals surface area (Å²) in [5.41, 5.74) is 2.48. The van der Waals surface area contributed by atoms with Gasteiger partial charge >= 0.3 is 0 Å². The van der Waals surface area contributed by atoms with Crippen LogP contribution in [0, 0.1) is 5.92 Å². The van der Waals surface area contributed by atoms with Crippen LogP contribution in [0.1, 0.15) is 37.2 Å². The van der Waals surface area contributed by atoms with Crippen molar-refractivity contribution in [3.8, 4) is 0 Å². The molecule has 3 nitrogen and oxygen atoms in total. The Hall–Kier alpha value is -1.48. The first-order chi connectivity index (χ1) is 10.2. The SMILES string of the molecule is O=C(C1CC1)N1CCC(c2c[nH]c3cc(Cl)ccc23)CC1. The fourth-order valence-corrected chi connectivity index (χ4v) is 3.63. The Kier molecular flexibility index (Phi) is 3.18. The second kappa shape index (κ2) is 5.06. The molecule has 0 spiro atoms. The van der Waals surface area contributed by atoms with Gasteiger partial charge < -0.3 is 9.88 Å². The van der Waals surface area contributed by atoms with E-state index in [0.717, 1.165) is 49.3 Å². The Morgan fingerprint density at radius 3 is 2.67 bits per heavy atom. The van der Waals surface area contributed by atoms with Crippen LogP contribution in [0.4, 0.5) is 0 Å². The van der Waals surface area contributed by atoms with E-state index in [9.17, 15) is 4.79 Å². The molecular formula is C17H19ClN2O. The van der Waals surface area contributed by atoms with Gasteiger partial charge in [-0.05, 0) is 49.3 Å². The summed E-state index contributed by atoms with van der Waals surface area (Å²) < 4.78 is 0. The fraction of sp³-hybridized carbons (Fsp3) is 0.471. The number of hydrogen-bond acceptors (Lipinski definition) is 1. The number of aromatic amines is 1. The first kappa shape index (κ1) is 13.2. The molecular weight excluding hydrogens is 284 g/mol. The summed E-state index contributed by atoms with van der Waals surface area (Å²) in [6, 6.07) is 6.03. The first-order valence-electron chi connectivity index (χ1n) is 7.77. The van der Waals surface area contributed by atoms with Crippen molar-refractivity contribution in [1.29, 1.82) is 0 Å². The molecule has 1 saturated heterocycles. The zero-order valence-corrected chi connectivity index (χ0v) is 12.7. The van der Waals surface area contributed by atoms with Crippen molar-refractivity contribution in [2.24, 2.45) is 5.92 Å². The molecule has 0 unspecified atom stereocenters. The maximum atomic E-state index is 12.1. The largest absolute Gasteiger partial charge is 0.361 e. The average Bonchev–Trinajstić information content (AvgIpc) is 3.27. The number of halogens is 1. The van der Waals surface area contributed by atoms with Gasteiger partial charge in [-0.15, -0.1) is 0 Å². The standard InChI is InChI=1S/C17H19ClN2O/c18-13-3-4-14-15(10-19-16(14)9-13)11-5-7-20(8-6-11)17(21)12-1-2-12/h3-4,9-12,19H,1-2,5-8H2. The number of hydrogen-bond donors (Lipinski definition) is 1. The zero-order chi connectivity index (χ0) is 14.4. The molecule has 1 saturated carbocycles. The van der Waals surface area contributed by atoms with Crippen LogP contribution in [0.3, 0.4) is 0 Å². The van der Waals surface area contributed by atoms with Crippen LogP contribution in [0.25, 0.3) is 10.9 Å². The molecule has 1 aromatic carbocycles. The van der Waals surface area contributed by atoms with Gasteiger partial charge in [0, 0.05) is 41.1 Å². The van der Waals surface area contributed by atoms with E-state index in [1.165, 1.54) is 10.9 Å². The monoisotopic (exact) mass is 302 g/mol. The van der Waals surface area contributed by atoms with Crippen LogP contribution < -0.4 is 0 Å². The topological polar surface area (TPSA) is 36.1 Å². The van der Waals surface area contributed by atoms with Crippen LogP contribution in [0.5, 0.6) is 0 Å². The number of likely N-dealkylation sites (tertiary alicyclic amines) is 1. The minimum atomic E-state index is 0.344. The lowest BCUT2D eigenvalue weighted by atomic mass is 9.89. The molecule has 2 aliphatic rings. The summed E-state index contributed by atoms with van der Waals surface area (Å²) >= 11 is 6.04. The van der Waals surface area contributed by atoms with Crippen molar-refractivity contribution in [2.75, 3.05) is 13.1 Å². The Morgan fingerprint density at radius 2 is 1.95 bits per heavy atom. The number of aromatic nitrogens is 1. The predicted molar refractivity (Wildman–Crippen MR) is 84.6 cm³/mol. The molecule has 0 bridgehead atoms. The van der Waals surface area contributed by atoms with Gasteiger partial charge in [0.2, 0.25) is 5.91 Å². The van der Waals surface area contributed by atoms with Crippen molar-refractivity contribution >= 4 is 28.4 Å². The van der Waals surface area contributed by atoms with Crippen LogP contribution in [-0.2, 0) is 4.79 Å². The van der Waals surface area contributed by atoms with E-state index >= 15 is 0 Å². The van der Waals surface area contributed by atoms with Crippen LogP contribution in [0.15, 0.2) is 24.4 Å². The van der Waals surface area contributed by atoms with E-state index in [-0.39, 0.29) is 0 Å². The lowest BCUT2D eigenvalue weighted by Gasteiger charge is -2.32. The Morgan fingerprint density at radius 1 is 1.19 bits per heavy atom. The molecule has 110 valence electrons. The smallest absolute Gasteiger partial charge is 0.225 e. The number of carbonyl (C=O) groups excluding carboxylic acids is 1. The number of benzene rings is 1. The van der Waals surface area contributed by atoms with E-state index in [4.69, 9.17) is 11.6 Å². The average molecular weight is 303 g/mol. The lowest BCUT2D eigenvalue weighted by Crippen LogP contribution is -2.38. The third-order valence-corrected chi connectivity index (χ3v) is 5.08. The molecule has 0 radical (unpaired) electrons. The Bertz CT molecular complexity index is 681. The van der Waals surface area contributed by atoms with Gasteiger partial charge in [-0.25, -0.2) is 0 Å². The molecule has 4 rings (SSSR count). The third kappa shape index (κ3) is 2.44. The molecule has 1 N–H and O–H groups in total. The van der Waals surface area contributed by atoms with Crippen LogP contribution >= 0.6 is 11.6 Å². The highest BCUT2D eigenvalue weighted by Gasteiger charge is 2.35. The molecule has 1 aromatic heterocycles. The van der Waals surface area contributed by atoms with Crippen molar-refractivity contribution in [3.63, 3.8) is 0 Å². The summed E-state index contributed by atoms with van der Waals surface area (Å²) in [4.78, 5) is 17.5. The highest BCUT2D eigenvalue weighted by atomic mass is 35.5. The third-order valence-electron chi connectivity index (χ3n) is 4.85. The van der Waals surface area contributed by atoms with Gasteiger partial charge in [0.25, 0.3) is 0 Å². The molecule has 1 aliphatic heterocycles. The van der Waals surface area contributed by atoms with Crippen LogP contribution in [-0.4, -0.2) is 28.9 Å². The van der Waals surface area contributed by atoms with Gasteiger partial charge in [-0.3, -0.25) is 4.79 Å². The van der Waals surface area contributed by atoms with Crippen molar-refractivity contribution in [1.82, 2.24) is 9.88 Å². The van der Waals surface area contributed by atoms with Gasteiger partial charge in [0.05, 0.1) is 0 Å². The first-order valence-corrected chi connectivity index (χ1v) is 8.15. The maximum Gasteiger partial charge on any atom is 0.225 e. The van der Waals surface area contributed by atoms with E-state index in [1.54, 1.807) is 0 Å². The van der Waals surface area contributed by atoms with E-state index in [2.05, 4.69) is 22.1 Å². The van der Waals surface area contributed by atoms with Crippen LogP contribution in [0.2, 0.25) is 5.02 Å². The van der Waals surface area contributed by atoms with Gasteiger partial charge in [-0.1, -0.05) is 17.7 Å². The Labute approximate surface area is 129 Å². The number of piperidine rings is 1. The molecule has 1 aliphatic carbocycles. The molecule has 2 fully saturated rings. The van der Waals surface area contributed by atoms with Gasteiger partial charge in [0.1, 0.15) is 0 Å². The van der Waals surface area contributed by atoms with Crippen molar-refractivity contribution in [2.45, 2.75) is 31.6 Å². The fourth-order valence-electron chi connectivity index (χ4n) is 3.46. The molecule has 2 aromatic rings. The Balaban J connectivity index is 1.50. The van der Waals surface area contributed by atoms with E-state index in [1.807, 2.05) is 12.1 Å². The molecule has 2 heterocycles. The summed E-state index contributed by atoms with van der Waals surface area (Å²) in [7, 11) is 0.